The second-order valence-corrected chi connectivity index (χ2v) is 10.8. The number of carbonyl (C=O) groups is 3. The first-order chi connectivity index (χ1) is 19.4. The van der Waals surface area contributed by atoms with Gasteiger partial charge in [-0.2, -0.15) is 0 Å². The number of hydrogen-bond donors (Lipinski definition) is 1. The molecule has 1 N–H and O–H groups in total. The molecule has 218 valence electrons. The summed E-state index contributed by atoms with van der Waals surface area (Å²) in [5.74, 6) is -0.532. The van der Waals surface area contributed by atoms with Crippen LogP contribution in [0.1, 0.15) is 62.0 Å². The molecular formula is C33H39NO7. The molecule has 0 aromatic heterocycles. The summed E-state index contributed by atoms with van der Waals surface area (Å²) < 4.78 is 22.4. The lowest BCUT2D eigenvalue weighted by atomic mass is 10.0. The molecule has 41 heavy (non-hydrogen) atoms. The van der Waals surface area contributed by atoms with Gasteiger partial charge in [-0.25, -0.2) is 14.4 Å². The Morgan fingerprint density at radius 1 is 0.878 bits per heavy atom. The fraction of sp³-hybridized carbons (Fsp3) is 0.364. The summed E-state index contributed by atoms with van der Waals surface area (Å²) in [5.41, 5.74) is 2.45. The van der Waals surface area contributed by atoms with E-state index in [0.29, 0.717) is 46.9 Å². The fourth-order valence-corrected chi connectivity index (χ4v) is 3.94. The lowest BCUT2D eigenvalue weighted by molar-refractivity contribution is -0.139. The Labute approximate surface area is 241 Å². The highest BCUT2D eigenvalue weighted by molar-refractivity contribution is 6.10. The number of benzene rings is 3. The summed E-state index contributed by atoms with van der Waals surface area (Å²) in [5, 5.41) is 4.02. The van der Waals surface area contributed by atoms with Crippen molar-refractivity contribution in [2.75, 3.05) is 25.1 Å². The molecule has 3 aromatic rings. The number of esters is 2. The van der Waals surface area contributed by atoms with Crippen LogP contribution in [0.2, 0.25) is 0 Å². The van der Waals surface area contributed by atoms with Crippen molar-refractivity contribution in [3.8, 4) is 5.75 Å². The molecular weight excluding hydrogens is 522 g/mol. The van der Waals surface area contributed by atoms with E-state index in [-0.39, 0.29) is 25.5 Å². The summed E-state index contributed by atoms with van der Waals surface area (Å²) in [6.45, 7) is 13.2. The minimum absolute atomic E-state index is 0.208. The van der Waals surface area contributed by atoms with E-state index in [1.54, 1.807) is 33.8 Å². The van der Waals surface area contributed by atoms with Gasteiger partial charge in [0, 0.05) is 22.8 Å². The first-order valence-corrected chi connectivity index (χ1v) is 13.7. The van der Waals surface area contributed by atoms with Crippen LogP contribution in [-0.2, 0) is 25.4 Å². The van der Waals surface area contributed by atoms with Gasteiger partial charge in [-0.1, -0.05) is 60.7 Å². The molecule has 0 unspecified atom stereocenters. The van der Waals surface area contributed by atoms with E-state index in [2.05, 4.69) is 11.9 Å². The molecule has 0 aliphatic rings. The maximum absolute atomic E-state index is 13.3. The Morgan fingerprint density at radius 3 is 2.20 bits per heavy atom. The van der Waals surface area contributed by atoms with Crippen molar-refractivity contribution in [1.82, 2.24) is 0 Å². The lowest BCUT2D eigenvalue weighted by Gasteiger charge is -2.22. The Morgan fingerprint density at radius 2 is 1.54 bits per heavy atom. The first kappa shape index (κ1) is 31.2. The monoisotopic (exact) mass is 561 g/mol. The number of hydrogen-bond acceptors (Lipinski definition) is 7. The van der Waals surface area contributed by atoms with Crippen molar-refractivity contribution >= 4 is 34.5 Å². The Balaban J connectivity index is 1.81. The van der Waals surface area contributed by atoms with Crippen molar-refractivity contribution in [1.29, 1.82) is 0 Å². The highest BCUT2D eigenvalue weighted by Crippen LogP contribution is 2.37. The van der Waals surface area contributed by atoms with Gasteiger partial charge in [0.05, 0.1) is 31.1 Å². The fourth-order valence-electron chi connectivity index (χ4n) is 3.94. The number of carbonyl (C=O) groups excluding carboxylic acids is 3. The summed E-state index contributed by atoms with van der Waals surface area (Å²) in [4.78, 5) is 37.6. The maximum atomic E-state index is 13.3. The molecule has 3 aromatic carbocycles. The van der Waals surface area contributed by atoms with Gasteiger partial charge >= 0.3 is 18.0 Å². The normalized spacial score (nSPS) is 11.0. The number of fused-ring (bicyclic) bond motifs is 1. The third-order valence-corrected chi connectivity index (χ3v) is 5.96. The van der Waals surface area contributed by atoms with E-state index in [1.165, 1.54) is 0 Å². The minimum atomic E-state index is -0.721. The molecule has 0 spiro atoms. The van der Waals surface area contributed by atoms with Crippen LogP contribution in [0.3, 0.4) is 0 Å². The SMILES string of the molecule is C=C(C)C(=O)OCCCCOc1c(NC(=O)OC(C)(C)C)cc(C(=O)OCCc2ccc(C)cc2)c2ccccc12. The molecule has 0 radical (unpaired) electrons. The van der Waals surface area contributed by atoms with E-state index in [1.807, 2.05) is 55.5 Å². The smallest absolute Gasteiger partial charge is 0.412 e. The van der Waals surface area contributed by atoms with Crippen molar-refractivity contribution in [2.24, 2.45) is 0 Å². The van der Waals surface area contributed by atoms with Gasteiger partial charge in [0.15, 0.2) is 5.75 Å². The standard InChI is InChI=1S/C33H39NO7/c1-22(2)30(35)39-19-10-9-18-38-29-26-12-8-7-11-25(26)27(21-28(29)34-32(37)41-33(4,5)6)31(36)40-20-17-24-15-13-23(3)14-16-24/h7-8,11-16,21H,1,9-10,17-20H2,2-6H3,(H,34,37). The number of ether oxygens (including phenoxy) is 4. The topological polar surface area (TPSA) is 100 Å². The molecule has 0 heterocycles. The number of aryl methyl sites for hydroxylation is 1. The summed E-state index contributed by atoms with van der Waals surface area (Å²) in [7, 11) is 0. The predicted molar refractivity (Wildman–Crippen MR) is 159 cm³/mol. The third-order valence-electron chi connectivity index (χ3n) is 5.96. The first-order valence-electron chi connectivity index (χ1n) is 13.7. The van der Waals surface area contributed by atoms with Crippen molar-refractivity contribution in [3.63, 3.8) is 0 Å². The van der Waals surface area contributed by atoms with Crippen molar-refractivity contribution in [2.45, 2.75) is 59.5 Å². The molecule has 0 saturated heterocycles. The summed E-state index contributed by atoms with van der Waals surface area (Å²) in [6, 6.07) is 16.9. The molecule has 1 amide bonds. The third kappa shape index (κ3) is 9.67. The Hall–Kier alpha value is -4.33. The minimum Gasteiger partial charge on any atom is -0.491 e. The van der Waals surface area contributed by atoms with Crippen LogP contribution in [0.5, 0.6) is 5.75 Å². The highest BCUT2D eigenvalue weighted by atomic mass is 16.6. The van der Waals surface area contributed by atoms with Gasteiger partial charge in [0.25, 0.3) is 0 Å². The second kappa shape index (κ2) is 14.3. The van der Waals surface area contributed by atoms with Gasteiger partial charge in [-0.3, -0.25) is 5.32 Å². The Kier molecular flexibility index (Phi) is 10.9. The lowest BCUT2D eigenvalue weighted by Crippen LogP contribution is -2.27. The van der Waals surface area contributed by atoms with Gasteiger partial charge < -0.3 is 18.9 Å². The molecule has 0 atom stereocenters. The largest absolute Gasteiger partial charge is 0.491 e. The maximum Gasteiger partial charge on any atom is 0.412 e. The molecule has 0 saturated carbocycles. The van der Waals surface area contributed by atoms with Gasteiger partial charge in [0.2, 0.25) is 0 Å². The molecule has 3 rings (SSSR count). The quantitative estimate of drug-likeness (QED) is 0.108. The van der Waals surface area contributed by atoms with E-state index in [4.69, 9.17) is 18.9 Å². The van der Waals surface area contributed by atoms with Crippen molar-refractivity contribution < 1.29 is 33.3 Å². The number of unbranched alkanes of at least 4 members (excludes halogenated alkanes) is 1. The molecule has 0 aliphatic heterocycles. The van der Waals surface area contributed by atoms with Crippen LogP contribution in [-0.4, -0.2) is 43.5 Å². The summed E-state index contributed by atoms with van der Waals surface area (Å²) in [6.07, 6.45) is 1.07. The number of nitrogens with one attached hydrogen (secondary N) is 1. The van der Waals surface area contributed by atoms with Gasteiger partial charge in [-0.05, 0) is 59.1 Å². The van der Waals surface area contributed by atoms with E-state index >= 15 is 0 Å². The average Bonchev–Trinajstić information content (AvgIpc) is 2.90. The van der Waals surface area contributed by atoms with Crippen LogP contribution >= 0.6 is 0 Å². The zero-order chi connectivity index (χ0) is 30.0. The van der Waals surface area contributed by atoms with Crippen LogP contribution < -0.4 is 10.1 Å². The zero-order valence-electron chi connectivity index (χ0n) is 24.5. The van der Waals surface area contributed by atoms with Crippen LogP contribution in [0, 0.1) is 6.92 Å². The van der Waals surface area contributed by atoms with E-state index in [0.717, 1.165) is 11.1 Å². The van der Waals surface area contributed by atoms with Gasteiger partial charge in [0.1, 0.15) is 5.60 Å². The zero-order valence-corrected chi connectivity index (χ0v) is 24.5. The molecule has 0 bridgehead atoms. The van der Waals surface area contributed by atoms with Crippen LogP contribution in [0.15, 0.2) is 66.7 Å². The van der Waals surface area contributed by atoms with Crippen molar-refractivity contribution in [3.05, 3.63) is 83.4 Å². The predicted octanol–water partition coefficient (Wildman–Crippen LogP) is 7.17. The average molecular weight is 562 g/mol. The molecule has 8 heteroatoms. The number of amides is 1. The van der Waals surface area contributed by atoms with E-state index < -0.39 is 23.6 Å². The van der Waals surface area contributed by atoms with Gasteiger partial charge in [-0.15, -0.1) is 0 Å². The summed E-state index contributed by atoms with van der Waals surface area (Å²) >= 11 is 0. The van der Waals surface area contributed by atoms with E-state index in [9.17, 15) is 14.4 Å². The number of anilines is 1. The Bertz CT molecular complexity index is 1390. The molecule has 0 fully saturated rings. The van der Waals surface area contributed by atoms with Crippen LogP contribution in [0.25, 0.3) is 10.8 Å². The highest BCUT2D eigenvalue weighted by Gasteiger charge is 2.22. The molecule has 8 nitrogen and oxygen atoms in total. The second-order valence-electron chi connectivity index (χ2n) is 10.8. The van der Waals surface area contributed by atoms with Crippen LogP contribution in [0.4, 0.5) is 10.5 Å². The molecule has 0 aliphatic carbocycles. The number of rotatable bonds is 12.